The Labute approximate surface area is 322 Å². The lowest BCUT2D eigenvalue weighted by Gasteiger charge is -2.35. The van der Waals surface area contributed by atoms with Gasteiger partial charge in [-0.25, -0.2) is 4.79 Å². The van der Waals surface area contributed by atoms with Crippen molar-refractivity contribution in [3.05, 3.63) is 117 Å². The van der Waals surface area contributed by atoms with Crippen molar-refractivity contribution >= 4 is 29.5 Å². The Morgan fingerprint density at radius 2 is 1.63 bits per heavy atom. The topological polar surface area (TPSA) is 140 Å². The molecule has 2 atom stereocenters. The number of aryl methyl sites for hydroxylation is 1. The first kappa shape index (κ1) is 40.0. The Hall–Kier alpha value is -5.15. The fourth-order valence-corrected chi connectivity index (χ4v) is 6.28. The highest BCUT2D eigenvalue weighted by molar-refractivity contribution is 6.34. The number of nitrogens with zero attached hydrogens (tertiary/aromatic N) is 3. The van der Waals surface area contributed by atoms with Gasteiger partial charge in [0.2, 0.25) is 5.91 Å². The van der Waals surface area contributed by atoms with Gasteiger partial charge in [-0.05, 0) is 94.6 Å². The SMILES string of the molecule is Cc1ccc(C(C)NCc2ccc(-c3ccc(Cl)c(C(=O)NC(CNCC(=O)N4CCN(C(=O)OC(C)(C)C)CC4)Cc4ccc(C#N)cc4)c3)o2)cc1. The molecule has 4 aromatic rings. The van der Waals surface area contributed by atoms with Crippen molar-refractivity contribution in [3.63, 3.8) is 0 Å². The average molecular weight is 753 g/mol. The van der Waals surface area contributed by atoms with E-state index in [1.54, 1.807) is 34.1 Å². The van der Waals surface area contributed by atoms with E-state index < -0.39 is 11.6 Å². The van der Waals surface area contributed by atoms with Gasteiger partial charge in [-0.15, -0.1) is 0 Å². The molecule has 284 valence electrons. The molecule has 0 bridgehead atoms. The third-order valence-corrected chi connectivity index (χ3v) is 9.50. The summed E-state index contributed by atoms with van der Waals surface area (Å²) in [5.41, 5.74) is 4.27. The van der Waals surface area contributed by atoms with Crippen molar-refractivity contribution in [2.45, 2.75) is 65.3 Å². The monoisotopic (exact) mass is 752 g/mol. The first-order valence-corrected chi connectivity index (χ1v) is 18.6. The quantitative estimate of drug-likeness (QED) is 0.138. The van der Waals surface area contributed by atoms with Crippen molar-refractivity contribution in [2.75, 3.05) is 39.3 Å². The normalized spacial score (nSPS) is 14.2. The van der Waals surface area contributed by atoms with E-state index in [0.717, 1.165) is 11.3 Å². The lowest BCUT2D eigenvalue weighted by Crippen LogP contribution is -2.53. The summed E-state index contributed by atoms with van der Waals surface area (Å²) in [6.07, 6.45) is 0.0604. The van der Waals surface area contributed by atoms with Crippen molar-refractivity contribution in [1.82, 2.24) is 25.8 Å². The number of carbonyl (C=O) groups is 3. The van der Waals surface area contributed by atoms with E-state index in [-0.39, 0.29) is 30.5 Å². The van der Waals surface area contributed by atoms with Crippen LogP contribution in [0.3, 0.4) is 0 Å². The molecule has 0 saturated carbocycles. The second-order valence-electron chi connectivity index (χ2n) is 14.6. The fourth-order valence-electron chi connectivity index (χ4n) is 6.07. The fraction of sp³-hybridized carbons (Fsp3) is 0.381. The van der Waals surface area contributed by atoms with Crippen LogP contribution in [0, 0.1) is 18.3 Å². The zero-order valence-corrected chi connectivity index (χ0v) is 32.3. The van der Waals surface area contributed by atoms with E-state index in [0.29, 0.717) is 73.2 Å². The van der Waals surface area contributed by atoms with Crippen LogP contribution in [0.1, 0.15) is 72.1 Å². The van der Waals surface area contributed by atoms with Gasteiger partial charge in [0.1, 0.15) is 17.1 Å². The van der Waals surface area contributed by atoms with Gasteiger partial charge in [0, 0.05) is 50.4 Å². The molecule has 1 aliphatic heterocycles. The Kier molecular flexibility index (Phi) is 13.5. The molecule has 12 heteroatoms. The van der Waals surface area contributed by atoms with E-state index >= 15 is 0 Å². The molecule has 3 amide bonds. The number of rotatable bonds is 13. The van der Waals surface area contributed by atoms with Gasteiger partial charge in [-0.1, -0.05) is 53.6 Å². The summed E-state index contributed by atoms with van der Waals surface area (Å²) in [5.74, 6) is 0.905. The molecule has 1 aliphatic rings. The van der Waals surface area contributed by atoms with Crippen LogP contribution in [-0.4, -0.2) is 78.6 Å². The molecule has 0 aliphatic carbocycles. The van der Waals surface area contributed by atoms with Gasteiger partial charge in [-0.2, -0.15) is 5.26 Å². The minimum atomic E-state index is -0.589. The van der Waals surface area contributed by atoms with Crippen LogP contribution in [0.25, 0.3) is 11.3 Å². The molecule has 54 heavy (non-hydrogen) atoms. The van der Waals surface area contributed by atoms with Crippen LogP contribution in [0.15, 0.2) is 83.3 Å². The zero-order valence-electron chi connectivity index (χ0n) is 31.6. The number of benzene rings is 3. The Bertz CT molecular complexity index is 1940. The summed E-state index contributed by atoms with van der Waals surface area (Å²) in [6.45, 7) is 12.1. The average Bonchev–Trinajstić information content (AvgIpc) is 3.63. The highest BCUT2D eigenvalue weighted by Gasteiger charge is 2.28. The van der Waals surface area contributed by atoms with Crippen LogP contribution < -0.4 is 16.0 Å². The maximum atomic E-state index is 13.8. The maximum absolute atomic E-state index is 13.8. The Balaban J connectivity index is 1.20. The molecular formula is C42H49ClN6O5. The number of piperazine rings is 1. The molecule has 3 N–H and O–H groups in total. The first-order chi connectivity index (χ1) is 25.8. The summed E-state index contributed by atoms with van der Waals surface area (Å²) < 4.78 is 11.6. The lowest BCUT2D eigenvalue weighted by molar-refractivity contribution is -0.132. The van der Waals surface area contributed by atoms with Gasteiger partial charge in [0.25, 0.3) is 5.91 Å². The summed E-state index contributed by atoms with van der Waals surface area (Å²) in [5, 5.41) is 19.4. The minimum Gasteiger partial charge on any atom is -0.460 e. The minimum absolute atomic E-state index is 0.0574. The first-order valence-electron chi connectivity index (χ1n) is 18.2. The standard InChI is InChI=1S/C42H49ClN6O5/c1-28-6-12-32(13-7-28)29(2)46-26-35-15-17-38(53-35)33-14-16-37(43)36(23-33)40(51)47-34(22-30-8-10-31(24-44)11-9-30)25-45-27-39(50)48-18-20-49(21-19-48)41(52)54-42(3,4)5/h6-17,23,29,34,45-46H,18-22,25-27H2,1-5H3,(H,47,51). The van der Waals surface area contributed by atoms with E-state index in [1.165, 1.54) is 11.1 Å². The number of amides is 3. The molecule has 5 rings (SSSR count). The number of carbonyl (C=O) groups excluding carboxylic acids is 3. The molecule has 2 unspecified atom stereocenters. The van der Waals surface area contributed by atoms with E-state index in [9.17, 15) is 19.6 Å². The summed E-state index contributed by atoms with van der Waals surface area (Å²) in [4.78, 5) is 42.7. The highest BCUT2D eigenvalue weighted by Crippen LogP contribution is 2.28. The van der Waals surface area contributed by atoms with E-state index in [2.05, 4.69) is 60.1 Å². The predicted octanol–water partition coefficient (Wildman–Crippen LogP) is 6.64. The zero-order chi connectivity index (χ0) is 38.8. The molecule has 1 fully saturated rings. The molecule has 1 saturated heterocycles. The van der Waals surface area contributed by atoms with Gasteiger partial charge in [0.15, 0.2) is 0 Å². The van der Waals surface area contributed by atoms with Crippen LogP contribution >= 0.6 is 11.6 Å². The van der Waals surface area contributed by atoms with Crippen molar-refractivity contribution in [3.8, 4) is 17.4 Å². The van der Waals surface area contributed by atoms with Crippen molar-refractivity contribution in [1.29, 1.82) is 5.26 Å². The third-order valence-electron chi connectivity index (χ3n) is 9.17. The number of nitriles is 1. The third kappa shape index (κ3) is 11.4. The summed E-state index contributed by atoms with van der Waals surface area (Å²) >= 11 is 6.58. The molecule has 0 radical (unpaired) electrons. The smallest absolute Gasteiger partial charge is 0.410 e. The van der Waals surface area contributed by atoms with Gasteiger partial charge < -0.3 is 34.9 Å². The maximum Gasteiger partial charge on any atom is 0.410 e. The molecule has 3 aromatic carbocycles. The van der Waals surface area contributed by atoms with Gasteiger partial charge in [-0.3, -0.25) is 9.59 Å². The summed E-state index contributed by atoms with van der Waals surface area (Å²) in [6, 6.07) is 26.5. The number of nitrogens with one attached hydrogen (secondary N) is 3. The predicted molar refractivity (Wildman–Crippen MR) is 209 cm³/mol. The molecule has 0 spiro atoms. The number of halogens is 1. The Morgan fingerprint density at radius 1 is 0.944 bits per heavy atom. The number of furan rings is 1. The molecule has 2 heterocycles. The summed E-state index contributed by atoms with van der Waals surface area (Å²) in [7, 11) is 0. The largest absolute Gasteiger partial charge is 0.460 e. The lowest BCUT2D eigenvalue weighted by atomic mass is 10.0. The van der Waals surface area contributed by atoms with Gasteiger partial charge in [0.05, 0.1) is 35.3 Å². The highest BCUT2D eigenvalue weighted by atomic mass is 35.5. The second-order valence-corrected chi connectivity index (χ2v) is 15.0. The van der Waals surface area contributed by atoms with Crippen molar-refractivity contribution < 1.29 is 23.5 Å². The van der Waals surface area contributed by atoms with Crippen LogP contribution in [0.5, 0.6) is 0 Å². The Morgan fingerprint density at radius 3 is 2.30 bits per heavy atom. The molecular weight excluding hydrogens is 704 g/mol. The number of hydrogen-bond acceptors (Lipinski definition) is 8. The molecule has 1 aromatic heterocycles. The van der Waals surface area contributed by atoms with Crippen LogP contribution in [0.2, 0.25) is 5.02 Å². The van der Waals surface area contributed by atoms with Crippen molar-refractivity contribution in [2.24, 2.45) is 0 Å². The number of hydrogen-bond donors (Lipinski definition) is 3. The molecule has 11 nitrogen and oxygen atoms in total. The van der Waals surface area contributed by atoms with Crippen LogP contribution in [0.4, 0.5) is 4.79 Å². The van der Waals surface area contributed by atoms with E-state index in [4.69, 9.17) is 20.8 Å². The second kappa shape index (κ2) is 18.3. The number of ether oxygens (including phenoxy) is 1. The van der Waals surface area contributed by atoms with Crippen LogP contribution in [-0.2, 0) is 22.5 Å². The van der Waals surface area contributed by atoms with Gasteiger partial charge >= 0.3 is 6.09 Å². The van der Waals surface area contributed by atoms with E-state index in [1.807, 2.05) is 51.1 Å².